The second-order valence-electron chi connectivity index (χ2n) is 5.69. The summed E-state index contributed by atoms with van der Waals surface area (Å²) in [5, 5.41) is 8.16. The van der Waals surface area contributed by atoms with E-state index in [1.807, 2.05) is 30.3 Å². The van der Waals surface area contributed by atoms with Gasteiger partial charge >= 0.3 is 0 Å². The van der Waals surface area contributed by atoms with E-state index < -0.39 is 0 Å². The first-order chi connectivity index (χ1) is 11.2. The zero-order valence-corrected chi connectivity index (χ0v) is 13.5. The highest BCUT2D eigenvalue weighted by Crippen LogP contribution is 2.19. The number of carbonyl (C=O) groups excluding carboxylic acids is 1. The van der Waals surface area contributed by atoms with Crippen molar-refractivity contribution >= 4 is 5.91 Å². The monoisotopic (exact) mass is 315 g/mol. The Bertz CT molecular complexity index is 662. The Morgan fingerprint density at radius 1 is 1.17 bits per heavy atom. The van der Waals surface area contributed by atoms with Crippen LogP contribution in [0.5, 0.6) is 5.88 Å². The Balaban J connectivity index is 1.79. The molecule has 7 heteroatoms. The number of ether oxygens (including phenoxy) is 1. The summed E-state index contributed by atoms with van der Waals surface area (Å²) in [5.74, 6) is 0.298. The second-order valence-corrected chi connectivity index (χ2v) is 5.69. The Morgan fingerprint density at radius 2 is 1.87 bits per heavy atom. The van der Waals surface area contributed by atoms with Crippen molar-refractivity contribution in [3.05, 3.63) is 41.6 Å². The van der Waals surface area contributed by atoms with Crippen LogP contribution in [0.25, 0.3) is 0 Å². The van der Waals surface area contributed by atoms with Crippen molar-refractivity contribution in [1.29, 1.82) is 0 Å². The third-order valence-electron chi connectivity index (χ3n) is 4.05. The molecule has 1 aromatic heterocycles. The molecule has 1 saturated heterocycles. The number of piperazine rings is 1. The summed E-state index contributed by atoms with van der Waals surface area (Å²) in [7, 11) is 3.60. The van der Waals surface area contributed by atoms with Gasteiger partial charge in [0.15, 0.2) is 0 Å². The van der Waals surface area contributed by atoms with Gasteiger partial charge in [-0.15, -0.1) is 5.10 Å². The van der Waals surface area contributed by atoms with E-state index in [4.69, 9.17) is 4.74 Å². The van der Waals surface area contributed by atoms with E-state index in [1.165, 1.54) is 0 Å². The van der Waals surface area contributed by atoms with Crippen LogP contribution in [0.1, 0.15) is 16.1 Å². The van der Waals surface area contributed by atoms with E-state index in [0.717, 1.165) is 18.7 Å². The Morgan fingerprint density at radius 3 is 2.52 bits per heavy atom. The number of methoxy groups -OCH3 is 1. The maximum Gasteiger partial charge on any atom is 0.280 e. The Kier molecular flexibility index (Phi) is 4.57. The van der Waals surface area contributed by atoms with Crippen LogP contribution in [0, 0.1) is 0 Å². The number of hydrogen-bond donors (Lipinski definition) is 0. The normalized spacial score (nSPS) is 15.7. The third-order valence-corrected chi connectivity index (χ3v) is 4.05. The number of amides is 1. The molecule has 23 heavy (non-hydrogen) atoms. The molecular formula is C16H21N5O2. The highest BCUT2D eigenvalue weighted by Gasteiger charge is 2.27. The van der Waals surface area contributed by atoms with Crippen LogP contribution in [0.4, 0.5) is 0 Å². The van der Waals surface area contributed by atoms with E-state index in [1.54, 1.807) is 16.7 Å². The molecule has 0 radical (unpaired) electrons. The van der Waals surface area contributed by atoms with Crippen LogP contribution >= 0.6 is 0 Å². The minimum atomic E-state index is -0.116. The van der Waals surface area contributed by atoms with E-state index in [0.29, 0.717) is 25.5 Å². The summed E-state index contributed by atoms with van der Waals surface area (Å²) < 4.78 is 7.03. The van der Waals surface area contributed by atoms with Crippen molar-refractivity contribution < 1.29 is 9.53 Å². The number of hydrogen-bond acceptors (Lipinski definition) is 5. The predicted molar refractivity (Wildman–Crippen MR) is 85.5 cm³/mol. The number of carbonyl (C=O) groups is 1. The average Bonchev–Trinajstić information content (AvgIpc) is 2.98. The maximum atomic E-state index is 12.7. The largest absolute Gasteiger partial charge is 0.479 e. The molecule has 1 aliphatic rings. The Hall–Kier alpha value is -2.41. The molecule has 2 heterocycles. The number of nitrogens with zero attached hydrogens (tertiary/aromatic N) is 5. The summed E-state index contributed by atoms with van der Waals surface area (Å²) in [6.07, 6.45) is 0. The van der Waals surface area contributed by atoms with Crippen molar-refractivity contribution in [2.75, 3.05) is 40.3 Å². The molecule has 3 rings (SSSR count). The van der Waals surface area contributed by atoms with Crippen molar-refractivity contribution in [2.24, 2.45) is 0 Å². The van der Waals surface area contributed by atoms with Crippen LogP contribution < -0.4 is 4.74 Å². The van der Waals surface area contributed by atoms with Crippen LogP contribution in [-0.2, 0) is 6.54 Å². The van der Waals surface area contributed by atoms with Gasteiger partial charge < -0.3 is 14.5 Å². The molecule has 1 aromatic carbocycles. The number of aromatic nitrogens is 3. The summed E-state index contributed by atoms with van der Waals surface area (Å²) in [4.78, 5) is 16.7. The summed E-state index contributed by atoms with van der Waals surface area (Å²) in [5.41, 5.74) is 1.36. The lowest BCUT2D eigenvalue weighted by molar-refractivity contribution is 0.0654. The van der Waals surface area contributed by atoms with Crippen LogP contribution in [0.2, 0.25) is 0 Å². The first-order valence-corrected chi connectivity index (χ1v) is 7.68. The molecule has 0 aliphatic carbocycles. The van der Waals surface area contributed by atoms with Gasteiger partial charge in [0.25, 0.3) is 5.91 Å². The van der Waals surface area contributed by atoms with Gasteiger partial charge in [-0.1, -0.05) is 35.5 Å². The molecule has 1 aliphatic heterocycles. The summed E-state index contributed by atoms with van der Waals surface area (Å²) in [6, 6.07) is 9.90. The fourth-order valence-corrected chi connectivity index (χ4v) is 2.66. The highest BCUT2D eigenvalue weighted by atomic mass is 16.5. The molecule has 7 nitrogen and oxygen atoms in total. The molecule has 0 N–H and O–H groups in total. The van der Waals surface area contributed by atoms with Crippen LogP contribution in [0.15, 0.2) is 30.3 Å². The van der Waals surface area contributed by atoms with Gasteiger partial charge in [0, 0.05) is 26.2 Å². The van der Waals surface area contributed by atoms with Crippen molar-refractivity contribution in [2.45, 2.75) is 6.54 Å². The van der Waals surface area contributed by atoms with Gasteiger partial charge in [-0.3, -0.25) is 4.79 Å². The van der Waals surface area contributed by atoms with E-state index in [9.17, 15) is 4.79 Å². The van der Waals surface area contributed by atoms with Gasteiger partial charge in [-0.25, -0.2) is 4.68 Å². The van der Waals surface area contributed by atoms with Gasteiger partial charge in [0.1, 0.15) is 0 Å². The molecule has 122 valence electrons. The quantitative estimate of drug-likeness (QED) is 0.832. The van der Waals surface area contributed by atoms with Crippen molar-refractivity contribution in [3.8, 4) is 5.88 Å². The van der Waals surface area contributed by atoms with Crippen LogP contribution in [0.3, 0.4) is 0 Å². The van der Waals surface area contributed by atoms with Gasteiger partial charge in [-0.05, 0) is 12.6 Å². The standard InChI is InChI=1S/C16H21N5O2/c1-19-8-10-20(11-9-19)15(22)14-16(23-2)21(18-17-14)12-13-6-4-3-5-7-13/h3-7H,8-12H2,1-2H3. The zero-order chi connectivity index (χ0) is 16.2. The highest BCUT2D eigenvalue weighted by molar-refractivity contribution is 5.94. The molecule has 0 unspecified atom stereocenters. The van der Waals surface area contributed by atoms with E-state index in [2.05, 4.69) is 22.3 Å². The lowest BCUT2D eigenvalue weighted by Gasteiger charge is -2.31. The third kappa shape index (κ3) is 3.34. The molecule has 1 amide bonds. The van der Waals surface area contributed by atoms with Gasteiger partial charge in [-0.2, -0.15) is 0 Å². The van der Waals surface area contributed by atoms with E-state index >= 15 is 0 Å². The maximum absolute atomic E-state index is 12.7. The lowest BCUT2D eigenvalue weighted by atomic mass is 10.2. The van der Waals surface area contributed by atoms with Crippen molar-refractivity contribution in [1.82, 2.24) is 24.8 Å². The molecule has 0 bridgehead atoms. The molecule has 1 fully saturated rings. The predicted octanol–water partition coefficient (Wildman–Crippen LogP) is 0.723. The van der Waals surface area contributed by atoms with E-state index in [-0.39, 0.29) is 11.6 Å². The number of benzene rings is 1. The summed E-state index contributed by atoms with van der Waals surface area (Å²) in [6.45, 7) is 3.65. The number of likely N-dealkylation sites (N-methyl/N-ethyl adjacent to an activating group) is 1. The average molecular weight is 315 g/mol. The minimum absolute atomic E-state index is 0.116. The SMILES string of the molecule is COc1c(C(=O)N2CCN(C)CC2)nnn1Cc1ccccc1. The second kappa shape index (κ2) is 6.78. The lowest BCUT2D eigenvalue weighted by Crippen LogP contribution is -2.47. The van der Waals surface area contributed by atoms with Crippen LogP contribution in [-0.4, -0.2) is 71.0 Å². The van der Waals surface area contributed by atoms with Gasteiger partial charge in [0.05, 0.1) is 13.7 Å². The van der Waals surface area contributed by atoms with Gasteiger partial charge in [0.2, 0.25) is 11.6 Å². The zero-order valence-electron chi connectivity index (χ0n) is 13.5. The molecule has 0 atom stereocenters. The fraction of sp³-hybridized carbons (Fsp3) is 0.438. The number of rotatable bonds is 4. The first kappa shape index (κ1) is 15.5. The fourth-order valence-electron chi connectivity index (χ4n) is 2.66. The first-order valence-electron chi connectivity index (χ1n) is 7.68. The van der Waals surface area contributed by atoms with Crippen molar-refractivity contribution in [3.63, 3.8) is 0 Å². The molecule has 0 saturated carbocycles. The summed E-state index contributed by atoms with van der Waals surface area (Å²) >= 11 is 0. The molecule has 2 aromatic rings. The molecule has 0 spiro atoms. The smallest absolute Gasteiger partial charge is 0.280 e. The topological polar surface area (TPSA) is 63.5 Å². The Labute approximate surface area is 135 Å². The minimum Gasteiger partial charge on any atom is -0.479 e. The molecular weight excluding hydrogens is 294 g/mol.